The first kappa shape index (κ1) is 15.7. The molecule has 2 aromatic heterocycles. The number of amides is 1. The van der Waals surface area contributed by atoms with Crippen LogP contribution in [-0.2, 0) is 30.5 Å². The lowest BCUT2D eigenvalue weighted by Gasteiger charge is -2.28. The van der Waals surface area contributed by atoms with Gasteiger partial charge in [-0.1, -0.05) is 18.2 Å². The van der Waals surface area contributed by atoms with E-state index in [1.54, 1.807) is 6.20 Å². The predicted molar refractivity (Wildman–Crippen MR) is 82.4 cm³/mol. The molecule has 3 heterocycles. The molecule has 1 aliphatic heterocycles. The Morgan fingerprint density at radius 1 is 1.20 bits per heavy atom. The van der Waals surface area contributed by atoms with Gasteiger partial charge in [0, 0.05) is 30.2 Å². The van der Waals surface area contributed by atoms with E-state index in [4.69, 9.17) is 0 Å². The van der Waals surface area contributed by atoms with Gasteiger partial charge >= 0.3 is 6.18 Å². The number of hydrogen-bond donors (Lipinski definition) is 1. The second kappa shape index (κ2) is 5.61. The van der Waals surface area contributed by atoms with Crippen LogP contribution in [0.2, 0.25) is 0 Å². The van der Waals surface area contributed by atoms with Crippen molar-refractivity contribution < 1.29 is 18.0 Å². The molecule has 0 saturated carbocycles. The summed E-state index contributed by atoms with van der Waals surface area (Å²) >= 11 is 0. The normalized spacial score (nSPS) is 14.8. The van der Waals surface area contributed by atoms with E-state index in [9.17, 15) is 18.0 Å². The van der Waals surface area contributed by atoms with E-state index in [1.165, 1.54) is 4.90 Å². The Balaban J connectivity index is 1.52. The summed E-state index contributed by atoms with van der Waals surface area (Å²) in [5, 5.41) is 7.79. The molecule has 0 fully saturated rings. The van der Waals surface area contributed by atoms with Gasteiger partial charge in [-0.25, -0.2) is 0 Å². The smallest absolute Gasteiger partial charge is 0.361 e. The van der Waals surface area contributed by atoms with E-state index in [-0.39, 0.29) is 37.8 Å². The molecule has 6 nitrogen and oxygen atoms in total. The molecule has 9 heteroatoms. The van der Waals surface area contributed by atoms with Crippen molar-refractivity contribution in [1.29, 1.82) is 0 Å². The molecule has 1 amide bonds. The lowest BCUT2D eigenvalue weighted by Crippen LogP contribution is -2.40. The summed E-state index contributed by atoms with van der Waals surface area (Å²) < 4.78 is 39.6. The van der Waals surface area contributed by atoms with Gasteiger partial charge < -0.3 is 14.5 Å². The van der Waals surface area contributed by atoms with Crippen LogP contribution in [0, 0.1) is 0 Å². The number of alkyl halides is 3. The van der Waals surface area contributed by atoms with Gasteiger partial charge in [-0.2, -0.15) is 13.2 Å². The SMILES string of the molecule is O=C(Cc1c[nH]c2ccccc12)N1CCn2c(nnc2C(F)(F)F)C1. The molecule has 130 valence electrons. The molecule has 1 N–H and O–H groups in total. The van der Waals surface area contributed by atoms with Crippen LogP contribution in [0.15, 0.2) is 30.5 Å². The molecule has 0 radical (unpaired) electrons. The van der Waals surface area contributed by atoms with E-state index in [0.29, 0.717) is 0 Å². The summed E-state index contributed by atoms with van der Waals surface area (Å²) in [4.78, 5) is 17.2. The van der Waals surface area contributed by atoms with Crippen LogP contribution in [0.3, 0.4) is 0 Å². The molecule has 1 aliphatic rings. The van der Waals surface area contributed by atoms with Crippen molar-refractivity contribution >= 4 is 16.8 Å². The summed E-state index contributed by atoms with van der Waals surface area (Å²) in [6.45, 7) is 0.274. The van der Waals surface area contributed by atoms with Gasteiger partial charge in [0.25, 0.3) is 0 Å². The van der Waals surface area contributed by atoms with Crippen molar-refractivity contribution in [1.82, 2.24) is 24.6 Å². The van der Waals surface area contributed by atoms with Gasteiger partial charge in [-0.15, -0.1) is 10.2 Å². The molecule has 0 atom stereocenters. The monoisotopic (exact) mass is 349 g/mol. The fraction of sp³-hybridized carbons (Fsp3) is 0.312. The Labute approximate surface area is 140 Å². The minimum atomic E-state index is -4.54. The minimum absolute atomic E-state index is 0.0320. The summed E-state index contributed by atoms with van der Waals surface area (Å²) in [7, 11) is 0. The molecule has 0 spiro atoms. The maximum atomic E-state index is 12.9. The maximum absolute atomic E-state index is 12.9. The van der Waals surface area contributed by atoms with E-state index < -0.39 is 12.0 Å². The lowest BCUT2D eigenvalue weighted by molar-refractivity contribution is -0.148. The minimum Gasteiger partial charge on any atom is -0.361 e. The van der Waals surface area contributed by atoms with E-state index >= 15 is 0 Å². The van der Waals surface area contributed by atoms with Gasteiger partial charge in [0.15, 0.2) is 5.82 Å². The van der Waals surface area contributed by atoms with Crippen molar-refractivity contribution in [2.45, 2.75) is 25.7 Å². The zero-order valence-corrected chi connectivity index (χ0v) is 13.0. The van der Waals surface area contributed by atoms with Crippen LogP contribution < -0.4 is 0 Å². The van der Waals surface area contributed by atoms with Crippen LogP contribution in [0.25, 0.3) is 10.9 Å². The average molecular weight is 349 g/mol. The van der Waals surface area contributed by atoms with Crippen molar-refractivity contribution in [2.24, 2.45) is 0 Å². The summed E-state index contributed by atoms with van der Waals surface area (Å²) in [6.07, 6.45) is -2.57. The van der Waals surface area contributed by atoms with Crippen LogP contribution in [-0.4, -0.2) is 37.1 Å². The van der Waals surface area contributed by atoms with E-state index in [2.05, 4.69) is 15.2 Å². The highest BCUT2D eigenvalue weighted by Gasteiger charge is 2.39. The fourth-order valence-electron chi connectivity index (χ4n) is 3.13. The van der Waals surface area contributed by atoms with Gasteiger partial charge in [-0.05, 0) is 11.6 Å². The summed E-state index contributed by atoms with van der Waals surface area (Å²) in [6, 6.07) is 7.65. The largest absolute Gasteiger partial charge is 0.451 e. The highest BCUT2D eigenvalue weighted by atomic mass is 19.4. The van der Waals surface area contributed by atoms with Crippen LogP contribution >= 0.6 is 0 Å². The molecule has 3 aromatic rings. The number of H-pyrrole nitrogens is 1. The number of carbonyl (C=O) groups is 1. The van der Waals surface area contributed by atoms with E-state index in [0.717, 1.165) is 21.0 Å². The van der Waals surface area contributed by atoms with Crippen molar-refractivity contribution in [3.8, 4) is 0 Å². The second-order valence-corrected chi connectivity index (χ2v) is 5.94. The van der Waals surface area contributed by atoms with Crippen LogP contribution in [0.4, 0.5) is 13.2 Å². The molecular formula is C16H14F3N5O. The molecular weight excluding hydrogens is 335 g/mol. The third kappa shape index (κ3) is 2.75. The average Bonchev–Trinajstić information content (AvgIpc) is 3.18. The predicted octanol–water partition coefficient (Wildman–Crippen LogP) is 2.36. The number of hydrogen-bond acceptors (Lipinski definition) is 3. The molecule has 0 unspecified atom stereocenters. The third-order valence-corrected chi connectivity index (χ3v) is 4.38. The molecule has 1 aromatic carbocycles. The van der Waals surface area contributed by atoms with Crippen molar-refractivity contribution in [3.05, 3.63) is 47.7 Å². The number of aromatic nitrogens is 4. The number of nitrogens with one attached hydrogen (secondary N) is 1. The number of carbonyl (C=O) groups excluding carboxylic acids is 1. The number of nitrogens with zero attached hydrogens (tertiary/aromatic N) is 4. The first-order valence-electron chi connectivity index (χ1n) is 7.75. The van der Waals surface area contributed by atoms with Crippen molar-refractivity contribution in [2.75, 3.05) is 6.54 Å². The number of halogens is 3. The summed E-state index contributed by atoms with van der Waals surface area (Å²) in [5.41, 5.74) is 1.81. The zero-order valence-electron chi connectivity index (χ0n) is 13.0. The van der Waals surface area contributed by atoms with Crippen molar-refractivity contribution in [3.63, 3.8) is 0 Å². The third-order valence-electron chi connectivity index (χ3n) is 4.38. The van der Waals surface area contributed by atoms with Gasteiger partial charge in [-0.3, -0.25) is 4.79 Å². The first-order valence-corrected chi connectivity index (χ1v) is 7.75. The number of benzene rings is 1. The number of para-hydroxylation sites is 1. The highest BCUT2D eigenvalue weighted by Crippen LogP contribution is 2.29. The maximum Gasteiger partial charge on any atom is 0.451 e. The Hall–Kier alpha value is -2.84. The Bertz CT molecular complexity index is 943. The quantitative estimate of drug-likeness (QED) is 0.772. The topological polar surface area (TPSA) is 66.8 Å². The zero-order chi connectivity index (χ0) is 17.6. The van der Waals surface area contributed by atoms with Crippen LogP contribution in [0.5, 0.6) is 0 Å². The number of rotatable bonds is 2. The standard InChI is InChI=1S/C16H14F3N5O/c17-16(18,19)15-22-21-13-9-23(5-6-24(13)15)14(25)7-10-8-20-12-4-2-1-3-11(10)12/h1-4,8,20H,5-7,9H2. The fourth-order valence-corrected chi connectivity index (χ4v) is 3.13. The Kier molecular flexibility index (Phi) is 3.52. The van der Waals surface area contributed by atoms with Gasteiger partial charge in [0.1, 0.15) is 0 Å². The first-order chi connectivity index (χ1) is 11.9. The van der Waals surface area contributed by atoms with E-state index in [1.807, 2.05) is 24.3 Å². The number of aromatic amines is 1. The molecule has 4 rings (SSSR count). The molecule has 0 aliphatic carbocycles. The second-order valence-electron chi connectivity index (χ2n) is 5.94. The van der Waals surface area contributed by atoms with Gasteiger partial charge in [0.05, 0.1) is 13.0 Å². The molecule has 0 saturated heterocycles. The highest BCUT2D eigenvalue weighted by molar-refractivity contribution is 5.88. The Morgan fingerprint density at radius 3 is 2.80 bits per heavy atom. The number of fused-ring (bicyclic) bond motifs is 2. The molecule has 0 bridgehead atoms. The lowest BCUT2D eigenvalue weighted by atomic mass is 10.1. The van der Waals surface area contributed by atoms with Gasteiger partial charge in [0.2, 0.25) is 11.7 Å². The van der Waals surface area contributed by atoms with Crippen LogP contribution in [0.1, 0.15) is 17.2 Å². The summed E-state index contributed by atoms with van der Waals surface area (Å²) in [5.74, 6) is -0.996. The molecule has 25 heavy (non-hydrogen) atoms. The Morgan fingerprint density at radius 2 is 2.00 bits per heavy atom.